The summed E-state index contributed by atoms with van der Waals surface area (Å²) < 4.78 is 0. The van der Waals surface area contributed by atoms with Gasteiger partial charge < -0.3 is 5.32 Å². The molecule has 1 N–H and O–H groups in total. The quantitative estimate of drug-likeness (QED) is 0.574. The first kappa shape index (κ1) is 14.2. The van der Waals surface area contributed by atoms with Crippen molar-refractivity contribution >= 4 is 11.7 Å². The number of hydrogen-bond acceptors (Lipinski definition) is 3. The van der Waals surface area contributed by atoms with Crippen LogP contribution in [0.1, 0.15) is 32.1 Å². The van der Waals surface area contributed by atoms with Crippen molar-refractivity contribution in [2.24, 2.45) is 5.92 Å². The molecule has 1 rings (SSSR count). The molecule has 1 aliphatic carbocycles. The molecule has 0 aromatic carbocycles. The Kier molecular flexibility index (Phi) is 5.86. The Labute approximate surface area is 107 Å². The summed E-state index contributed by atoms with van der Waals surface area (Å²) in [6.07, 6.45) is 7.91. The van der Waals surface area contributed by atoms with Crippen LogP contribution in [0.2, 0.25) is 0 Å². The van der Waals surface area contributed by atoms with Gasteiger partial charge in [-0.25, -0.2) is 0 Å². The predicted octanol–water partition coefficient (Wildman–Crippen LogP) is 1.89. The van der Waals surface area contributed by atoms with Gasteiger partial charge in [-0.05, 0) is 25.7 Å². The van der Waals surface area contributed by atoms with Crippen molar-refractivity contribution in [2.45, 2.75) is 32.1 Å². The number of hydrogen-bond donors (Lipinski definition) is 1. The molecular weight excluding hydrogens is 228 g/mol. The lowest BCUT2D eigenvalue weighted by atomic mass is 9.91. The largest absolute Gasteiger partial charge is 0.351 e. The van der Waals surface area contributed by atoms with E-state index in [0.29, 0.717) is 0 Å². The second kappa shape index (κ2) is 7.44. The minimum absolute atomic E-state index is 0.222. The Balaban J connectivity index is 2.56. The van der Waals surface area contributed by atoms with Gasteiger partial charge in [0.15, 0.2) is 11.7 Å². The molecule has 4 heteroatoms. The molecule has 0 saturated carbocycles. The summed E-state index contributed by atoms with van der Waals surface area (Å²) >= 11 is 0. The Hall–Kier alpha value is -1.89. The van der Waals surface area contributed by atoms with Crippen LogP contribution in [0.15, 0.2) is 24.3 Å². The van der Waals surface area contributed by atoms with Crippen molar-refractivity contribution in [3.63, 3.8) is 0 Å². The van der Waals surface area contributed by atoms with Crippen LogP contribution in [-0.4, -0.2) is 18.2 Å². The molecule has 0 spiro atoms. The van der Waals surface area contributed by atoms with Crippen LogP contribution in [-0.2, 0) is 9.59 Å². The van der Waals surface area contributed by atoms with Crippen molar-refractivity contribution in [2.75, 3.05) is 6.54 Å². The van der Waals surface area contributed by atoms with E-state index in [2.05, 4.69) is 18.0 Å². The van der Waals surface area contributed by atoms with E-state index in [9.17, 15) is 9.59 Å². The molecule has 0 aromatic heterocycles. The van der Waals surface area contributed by atoms with Gasteiger partial charge in [-0.3, -0.25) is 9.59 Å². The van der Waals surface area contributed by atoms with Crippen LogP contribution in [0.3, 0.4) is 0 Å². The van der Waals surface area contributed by atoms with Crippen molar-refractivity contribution in [1.82, 2.24) is 5.32 Å². The zero-order valence-electron chi connectivity index (χ0n) is 10.4. The van der Waals surface area contributed by atoms with Crippen molar-refractivity contribution < 1.29 is 9.59 Å². The lowest BCUT2D eigenvalue weighted by molar-refractivity contribution is -0.131. The molecule has 0 bridgehead atoms. The van der Waals surface area contributed by atoms with Crippen molar-refractivity contribution in [1.29, 1.82) is 5.26 Å². The standard InChI is InChI=1S/C14H18N2O2/c1-2-8-16-14(18)12(10-15)13(17)9-11-6-4-3-5-7-11/h2,6,12H,1,3-5,7-9H2,(H,16,18)/t12-/m0/s1. The highest BCUT2D eigenvalue weighted by molar-refractivity contribution is 6.04. The molecule has 18 heavy (non-hydrogen) atoms. The maximum atomic E-state index is 11.9. The maximum absolute atomic E-state index is 11.9. The van der Waals surface area contributed by atoms with Gasteiger partial charge in [0, 0.05) is 13.0 Å². The van der Waals surface area contributed by atoms with E-state index in [4.69, 9.17) is 5.26 Å². The van der Waals surface area contributed by atoms with E-state index in [1.54, 1.807) is 6.07 Å². The minimum Gasteiger partial charge on any atom is -0.351 e. The monoisotopic (exact) mass is 246 g/mol. The first-order valence-electron chi connectivity index (χ1n) is 6.18. The number of carbonyl (C=O) groups is 2. The van der Waals surface area contributed by atoms with Gasteiger partial charge in [-0.2, -0.15) is 5.26 Å². The second-order valence-corrected chi connectivity index (χ2v) is 4.35. The summed E-state index contributed by atoms with van der Waals surface area (Å²) in [4.78, 5) is 23.5. The Morgan fingerprint density at radius 2 is 2.33 bits per heavy atom. The molecule has 1 aliphatic rings. The molecule has 0 heterocycles. The van der Waals surface area contributed by atoms with Crippen molar-refractivity contribution in [3.8, 4) is 6.07 Å². The molecule has 1 amide bonds. The third-order valence-corrected chi connectivity index (χ3v) is 2.92. The molecule has 0 fully saturated rings. The fraction of sp³-hybridized carbons (Fsp3) is 0.500. The zero-order chi connectivity index (χ0) is 13.4. The number of allylic oxidation sites excluding steroid dienone is 2. The molecular formula is C14H18N2O2. The van der Waals surface area contributed by atoms with E-state index in [1.165, 1.54) is 6.08 Å². The van der Waals surface area contributed by atoms with Gasteiger partial charge in [-0.15, -0.1) is 6.58 Å². The highest BCUT2D eigenvalue weighted by Crippen LogP contribution is 2.21. The fourth-order valence-corrected chi connectivity index (χ4v) is 1.94. The first-order chi connectivity index (χ1) is 8.69. The number of ketones is 1. The maximum Gasteiger partial charge on any atom is 0.245 e. The Bertz CT molecular complexity index is 405. The van der Waals surface area contributed by atoms with Gasteiger partial charge in [0.25, 0.3) is 0 Å². The number of rotatable bonds is 6. The predicted molar refractivity (Wildman–Crippen MR) is 68.5 cm³/mol. The molecule has 0 aliphatic heterocycles. The molecule has 0 unspecified atom stereocenters. The number of carbonyl (C=O) groups excluding carboxylic acids is 2. The Morgan fingerprint density at radius 1 is 1.56 bits per heavy atom. The average Bonchev–Trinajstić information content (AvgIpc) is 2.38. The fourth-order valence-electron chi connectivity index (χ4n) is 1.94. The second-order valence-electron chi connectivity index (χ2n) is 4.35. The number of amides is 1. The summed E-state index contributed by atoms with van der Waals surface area (Å²) in [6.45, 7) is 3.74. The third kappa shape index (κ3) is 4.17. The minimum atomic E-state index is -1.20. The molecule has 0 saturated heterocycles. The summed E-state index contributed by atoms with van der Waals surface area (Å²) in [5.74, 6) is -2.04. The van der Waals surface area contributed by atoms with Crippen LogP contribution < -0.4 is 5.32 Å². The highest BCUT2D eigenvalue weighted by Gasteiger charge is 2.26. The number of nitriles is 1. The van der Waals surface area contributed by atoms with E-state index in [-0.39, 0.29) is 18.7 Å². The zero-order valence-corrected chi connectivity index (χ0v) is 10.4. The van der Waals surface area contributed by atoms with E-state index < -0.39 is 11.8 Å². The highest BCUT2D eigenvalue weighted by atomic mass is 16.2. The van der Waals surface area contributed by atoms with Gasteiger partial charge in [-0.1, -0.05) is 17.7 Å². The first-order valence-corrected chi connectivity index (χ1v) is 6.18. The summed E-state index contributed by atoms with van der Waals surface area (Å²) in [6, 6.07) is 1.78. The normalized spacial score (nSPS) is 16.1. The van der Waals surface area contributed by atoms with Crippen molar-refractivity contribution in [3.05, 3.63) is 24.3 Å². The number of nitrogens with zero attached hydrogens (tertiary/aromatic N) is 1. The van der Waals surface area contributed by atoms with Crippen LogP contribution in [0.5, 0.6) is 0 Å². The molecule has 0 aromatic rings. The molecule has 4 nitrogen and oxygen atoms in total. The van der Waals surface area contributed by atoms with Gasteiger partial charge in [0.05, 0.1) is 6.07 Å². The number of Topliss-reactive ketones (excluding diaryl/α,β-unsaturated/α-hetero) is 1. The van der Waals surface area contributed by atoms with Crippen LogP contribution in [0, 0.1) is 17.2 Å². The summed E-state index contributed by atoms with van der Waals surface area (Å²) in [7, 11) is 0. The topological polar surface area (TPSA) is 70.0 Å². The van der Waals surface area contributed by atoms with Gasteiger partial charge >= 0.3 is 0 Å². The van der Waals surface area contributed by atoms with Gasteiger partial charge in [0.1, 0.15) is 0 Å². The van der Waals surface area contributed by atoms with E-state index in [0.717, 1.165) is 31.3 Å². The SMILES string of the molecule is C=CCNC(=O)[C@@H](C#N)C(=O)CC1=CCCCC1. The van der Waals surface area contributed by atoms with Crippen LogP contribution in [0.4, 0.5) is 0 Å². The van der Waals surface area contributed by atoms with Crippen LogP contribution in [0.25, 0.3) is 0 Å². The third-order valence-electron chi connectivity index (χ3n) is 2.92. The lowest BCUT2D eigenvalue weighted by Crippen LogP contribution is -2.34. The average molecular weight is 246 g/mol. The van der Waals surface area contributed by atoms with E-state index >= 15 is 0 Å². The Morgan fingerprint density at radius 3 is 2.89 bits per heavy atom. The van der Waals surface area contributed by atoms with E-state index in [1.807, 2.05) is 0 Å². The summed E-state index contributed by atoms with van der Waals surface area (Å²) in [5.41, 5.74) is 1.06. The smallest absolute Gasteiger partial charge is 0.245 e. The summed E-state index contributed by atoms with van der Waals surface area (Å²) in [5, 5.41) is 11.4. The molecule has 96 valence electrons. The van der Waals surface area contributed by atoms with Gasteiger partial charge in [0.2, 0.25) is 5.91 Å². The molecule has 1 atom stereocenters. The molecule has 0 radical (unpaired) electrons. The van der Waals surface area contributed by atoms with Crippen LogP contribution >= 0.6 is 0 Å². The number of nitrogens with one attached hydrogen (secondary N) is 1. The lowest BCUT2D eigenvalue weighted by Gasteiger charge is -2.13.